The van der Waals surface area contributed by atoms with E-state index in [1.54, 1.807) is 7.11 Å². The van der Waals surface area contributed by atoms with Gasteiger partial charge in [0.1, 0.15) is 5.75 Å². The highest BCUT2D eigenvalue weighted by Crippen LogP contribution is 2.60. The van der Waals surface area contributed by atoms with Gasteiger partial charge in [0, 0.05) is 12.0 Å². The van der Waals surface area contributed by atoms with Crippen LogP contribution >= 0.6 is 0 Å². The van der Waals surface area contributed by atoms with Crippen LogP contribution in [-0.4, -0.2) is 20.2 Å². The third-order valence-electron chi connectivity index (χ3n) is 3.86. The van der Waals surface area contributed by atoms with Crippen LogP contribution in [0.4, 0.5) is 0 Å². The zero-order valence-corrected chi connectivity index (χ0v) is 10.8. The third kappa shape index (κ3) is 1.61. The van der Waals surface area contributed by atoms with Gasteiger partial charge in [0.25, 0.3) is 0 Å². The van der Waals surface area contributed by atoms with E-state index in [1.165, 1.54) is 11.1 Å². The molecule has 1 aliphatic rings. The summed E-state index contributed by atoms with van der Waals surface area (Å²) in [4.78, 5) is 0. The van der Waals surface area contributed by atoms with E-state index in [0.717, 1.165) is 5.75 Å². The molecular weight excluding hydrogens is 198 g/mol. The normalized spacial score (nSPS) is 26.6. The first-order valence-electron chi connectivity index (χ1n) is 5.84. The maximum absolute atomic E-state index is 5.46. The number of aryl methyl sites for hydroxylation is 1. The van der Waals surface area contributed by atoms with E-state index in [9.17, 15) is 0 Å². The highest BCUT2D eigenvalue weighted by molar-refractivity contribution is 5.46. The first kappa shape index (κ1) is 11.5. The highest BCUT2D eigenvalue weighted by Gasteiger charge is 2.58. The Morgan fingerprint density at radius 3 is 2.50 bits per heavy atom. The van der Waals surface area contributed by atoms with Gasteiger partial charge in [-0.15, -0.1) is 0 Å². The fraction of sp³-hybridized carbons (Fsp3) is 0.571. The molecule has 0 aliphatic heterocycles. The second kappa shape index (κ2) is 3.77. The Morgan fingerprint density at radius 2 is 2.00 bits per heavy atom. The number of likely N-dealkylation sites (N-methyl/N-ethyl adjacent to an activating group) is 1. The molecule has 0 aromatic heterocycles. The van der Waals surface area contributed by atoms with Crippen LogP contribution in [0.2, 0.25) is 0 Å². The molecule has 1 fully saturated rings. The van der Waals surface area contributed by atoms with Crippen molar-refractivity contribution in [2.75, 3.05) is 14.2 Å². The van der Waals surface area contributed by atoms with E-state index >= 15 is 0 Å². The summed E-state index contributed by atoms with van der Waals surface area (Å²) in [5, 5.41) is 3.39. The summed E-state index contributed by atoms with van der Waals surface area (Å²) in [6.07, 6.45) is 0. The fourth-order valence-corrected chi connectivity index (χ4v) is 2.85. The molecule has 0 radical (unpaired) electrons. The number of nitrogens with one attached hydrogen (secondary N) is 1. The second-order valence-electron chi connectivity index (χ2n) is 5.31. The van der Waals surface area contributed by atoms with Gasteiger partial charge in [-0.1, -0.05) is 31.5 Å². The van der Waals surface area contributed by atoms with Crippen LogP contribution in [0.25, 0.3) is 0 Å². The van der Waals surface area contributed by atoms with Crippen LogP contribution in [0.3, 0.4) is 0 Å². The summed E-state index contributed by atoms with van der Waals surface area (Å²) in [5.41, 5.74) is 2.97. The van der Waals surface area contributed by atoms with Crippen molar-refractivity contribution in [2.45, 2.75) is 32.7 Å². The molecule has 2 heteroatoms. The van der Waals surface area contributed by atoms with Crippen LogP contribution in [0.15, 0.2) is 18.2 Å². The van der Waals surface area contributed by atoms with Crippen molar-refractivity contribution in [1.29, 1.82) is 0 Å². The summed E-state index contributed by atoms with van der Waals surface area (Å²) in [6, 6.07) is 6.99. The van der Waals surface area contributed by atoms with Crippen molar-refractivity contribution in [2.24, 2.45) is 5.41 Å². The predicted molar refractivity (Wildman–Crippen MR) is 67.1 cm³/mol. The molecule has 2 unspecified atom stereocenters. The van der Waals surface area contributed by atoms with Gasteiger partial charge in [-0.3, -0.25) is 0 Å². The smallest absolute Gasteiger partial charge is 0.122 e. The molecule has 2 nitrogen and oxygen atoms in total. The lowest BCUT2D eigenvalue weighted by Crippen LogP contribution is -2.14. The number of methoxy groups -OCH3 is 1. The molecule has 1 aliphatic carbocycles. The van der Waals surface area contributed by atoms with Crippen LogP contribution in [-0.2, 0) is 0 Å². The molecule has 16 heavy (non-hydrogen) atoms. The summed E-state index contributed by atoms with van der Waals surface area (Å²) >= 11 is 0. The lowest BCUT2D eigenvalue weighted by molar-refractivity contribution is 0.407. The zero-order valence-electron chi connectivity index (χ0n) is 10.8. The van der Waals surface area contributed by atoms with Crippen molar-refractivity contribution >= 4 is 0 Å². The molecule has 0 heterocycles. The third-order valence-corrected chi connectivity index (χ3v) is 3.86. The van der Waals surface area contributed by atoms with Crippen LogP contribution < -0.4 is 10.1 Å². The minimum atomic E-state index is 0.329. The van der Waals surface area contributed by atoms with Gasteiger partial charge >= 0.3 is 0 Å². The Morgan fingerprint density at radius 1 is 1.31 bits per heavy atom. The van der Waals surface area contributed by atoms with Gasteiger partial charge < -0.3 is 10.1 Å². The molecule has 0 spiro atoms. The summed E-state index contributed by atoms with van der Waals surface area (Å²) in [7, 11) is 3.78. The number of ether oxygens (including phenoxy) is 1. The van der Waals surface area contributed by atoms with Gasteiger partial charge in [0.2, 0.25) is 0 Å². The summed E-state index contributed by atoms with van der Waals surface area (Å²) in [5.74, 6) is 1.58. The Balaban J connectivity index is 2.38. The molecule has 0 bridgehead atoms. The van der Waals surface area contributed by atoms with E-state index in [-0.39, 0.29) is 0 Å². The Hall–Kier alpha value is -1.02. The summed E-state index contributed by atoms with van der Waals surface area (Å²) in [6.45, 7) is 6.74. The van der Waals surface area contributed by atoms with Crippen LogP contribution in [0, 0.1) is 12.3 Å². The highest BCUT2D eigenvalue weighted by atomic mass is 16.5. The molecular formula is C14H21NO. The molecule has 1 saturated carbocycles. The van der Waals surface area contributed by atoms with Crippen molar-refractivity contribution in [1.82, 2.24) is 5.32 Å². The first-order chi connectivity index (χ1) is 7.52. The maximum Gasteiger partial charge on any atom is 0.122 e. The first-order valence-corrected chi connectivity index (χ1v) is 5.84. The largest absolute Gasteiger partial charge is 0.496 e. The zero-order chi connectivity index (χ0) is 11.9. The minimum Gasteiger partial charge on any atom is -0.496 e. The second-order valence-corrected chi connectivity index (χ2v) is 5.31. The number of benzene rings is 1. The predicted octanol–water partition coefficient (Wildman–Crippen LogP) is 2.72. The number of rotatable bonds is 3. The standard InChI is InChI=1S/C14H21NO/c1-9-6-7-11(16-5)10(8-9)12-13(15-4)14(12,2)3/h6-8,12-13,15H,1-5H3. The van der Waals surface area contributed by atoms with Crippen molar-refractivity contribution < 1.29 is 4.74 Å². The Bertz CT molecular complexity index is 398. The fourth-order valence-electron chi connectivity index (χ4n) is 2.85. The van der Waals surface area contributed by atoms with Crippen molar-refractivity contribution in [3.05, 3.63) is 29.3 Å². The van der Waals surface area contributed by atoms with E-state index in [2.05, 4.69) is 44.3 Å². The molecule has 0 saturated heterocycles. The molecule has 1 aromatic rings. The Kier molecular flexibility index (Phi) is 2.70. The minimum absolute atomic E-state index is 0.329. The van der Waals surface area contributed by atoms with Gasteiger partial charge in [-0.2, -0.15) is 0 Å². The lowest BCUT2D eigenvalue weighted by Gasteiger charge is -2.10. The number of hydrogen-bond donors (Lipinski definition) is 1. The van der Waals surface area contributed by atoms with Gasteiger partial charge in [-0.05, 0) is 31.0 Å². The molecule has 1 N–H and O–H groups in total. The monoisotopic (exact) mass is 219 g/mol. The van der Waals surface area contributed by atoms with Crippen molar-refractivity contribution in [3.63, 3.8) is 0 Å². The molecule has 1 aromatic carbocycles. The van der Waals surface area contributed by atoms with Crippen LogP contribution in [0.5, 0.6) is 5.75 Å². The van der Waals surface area contributed by atoms with E-state index < -0.39 is 0 Å². The molecule has 2 atom stereocenters. The molecule has 88 valence electrons. The molecule has 2 rings (SSSR count). The number of hydrogen-bond acceptors (Lipinski definition) is 2. The van der Waals surface area contributed by atoms with E-state index in [4.69, 9.17) is 4.74 Å². The van der Waals surface area contributed by atoms with E-state index in [0.29, 0.717) is 17.4 Å². The summed E-state index contributed by atoms with van der Waals surface area (Å²) < 4.78 is 5.46. The van der Waals surface area contributed by atoms with E-state index in [1.807, 2.05) is 7.05 Å². The quantitative estimate of drug-likeness (QED) is 0.844. The average Bonchev–Trinajstić information content (AvgIpc) is 2.80. The average molecular weight is 219 g/mol. The van der Waals surface area contributed by atoms with Gasteiger partial charge in [0.15, 0.2) is 0 Å². The van der Waals surface area contributed by atoms with Crippen molar-refractivity contribution in [3.8, 4) is 5.75 Å². The topological polar surface area (TPSA) is 21.3 Å². The van der Waals surface area contributed by atoms with Gasteiger partial charge in [-0.25, -0.2) is 0 Å². The van der Waals surface area contributed by atoms with Gasteiger partial charge in [0.05, 0.1) is 7.11 Å². The maximum atomic E-state index is 5.46. The Labute approximate surface area is 98.0 Å². The SMILES string of the molecule is CNC1C(c2cc(C)ccc2OC)C1(C)C. The van der Waals surface area contributed by atoms with Crippen LogP contribution in [0.1, 0.15) is 30.9 Å². The lowest BCUT2D eigenvalue weighted by atomic mass is 10.0. The molecule has 0 amide bonds.